The molecular formula is C18H16ClN3O2. The number of hydrogen-bond donors (Lipinski definition) is 3. The Morgan fingerprint density at radius 2 is 2.04 bits per heavy atom. The van der Waals surface area contributed by atoms with Gasteiger partial charge in [-0.2, -0.15) is 5.10 Å². The zero-order valence-corrected chi connectivity index (χ0v) is 13.8. The van der Waals surface area contributed by atoms with Crippen molar-refractivity contribution in [3.8, 4) is 11.3 Å². The summed E-state index contributed by atoms with van der Waals surface area (Å²) < 4.78 is 0. The number of nitrogens with one attached hydrogen (secondary N) is 2. The van der Waals surface area contributed by atoms with Crippen LogP contribution in [0.5, 0.6) is 0 Å². The number of aromatic nitrogens is 2. The van der Waals surface area contributed by atoms with E-state index in [4.69, 9.17) is 11.6 Å². The van der Waals surface area contributed by atoms with E-state index in [1.165, 1.54) is 0 Å². The van der Waals surface area contributed by atoms with Gasteiger partial charge in [0, 0.05) is 11.3 Å². The molecule has 6 heteroatoms. The van der Waals surface area contributed by atoms with Gasteiger partial charge in [-0.1, -0.05) is 41.9 Å². The number of H-pyrrole nitrogens is 1. The topological polar surface area (TPSA) is 78.0 Å². The number of benzene rings is 2. The zero-order chi connectivity index (χ0) is 17.1. The lowest BCUT2D eigenvalue weighted by molar-refractivity contribution is 0.102. The molecule has 0 fully saturated rings. The van der Waals surface area contributed by atoms with Gasteiger partial charge in [0.1, 0.15) is 5.69 Å². The summed E-state index contributed by atoms with van der Waals surface area (Å²) in [6, 6.07) is 14.4. The van der Waals surface area contributed by atoms with E-state index in [9.17, 15) is 9.90 Å². The molecule has 3 aromatic rings. The molecule has 0 aliphatic rings. The van der Waals surface area contributed by atoms with Crippen molar-refractivity contribution in [2.75, 3.05) is 5.32 Å². The molecule has 0 saturated carbocycles. The first-order valence-electron chi connectivity index (χ1n) is 7.40. The fourth-order valence-corrected chi connectivity index (χ4v) is 2.57. The van der Waals surface area contributed by atoms with Crippen molar-refractivity contribution >= 4 is 23.2 Å². The maximum absolute atomic E-state index is 12.4. The van der Waals surface area contributed by atoms with E-state index in [-0.39, 0.29) is 12.5 Å². The highest BCUT2D eigenvalue weighted by atomic mass is 35.5. The highest BCUT2D eigenvalue weighted by molar-refractivity contribution is 6.33. The van der Waals surface area contributed by atoms with Crippen LogP contribution in [-0.4, -0.2) is 21.2 Å². The standard InChI is InChI=1S/C18H16ClN3O2/c1-11-6-7-12(10-23)8-15(11)20-18(24)17-9-16(21-22-17)13-4-2-3-5-14(13)19/h2-9,23H,10H2,1H3,(H,20,24)(H,21,22). The van der Waals surface area contributed by atoms with Gasteiger partial charge in [-0.25, -0.2) is 0 Å². The Kier molecular flexibility index (Phi) is 4.64. The van der Waals surface area contributed by atoms with Crippen LogP contribution in [-0.2, 0) is 6.61 Å². The lowest BCUT2D eigenvalue weighted by atomic mass is 10.1. The maximum Gasteiger partial charge on any atom is 0.273 e. The molecule has 5 nitrogen and oxygen atoms in total. The minimum Gasteiger partial charge on any atom is -0.392 e. The first-order chi connectivity index (χ1) is 11.6. The van der Waals surface area contributed by atoms with Gasteiger partial charge in [0.25, 0.3) is 5.91 Å². The van der Waals surface area contributed by atoms with Crippen LogP contribution in [0.1, 0.15) is 21.6 Å². The number of anilines is 1. The van der Waals surface area contributed by atoms with Crippen molar-refractivity contribution < 1.29 is 9.90 Å². The molecule has 2 aromatic carbocycles. The van der Waals surface area contributed by atoms with E-state index in [2.05, 4.69) is 15.5 Å². The van der Waals surface area contributed by atoms with Crippen molar-refractivity contribution in [2.45, 2.75) is 13.5 Å². The number of carbonyl (C=O) groups excluding carboxylic acids is 1. The number of amides is 1. The smallest absolute Gasteiger partial charge is 0.273 e. The molecule has 0 radical (unpaired) electrons. The molecule has 0 aliphatic heterocycles. The average molecular weight is 342 g/mol. The van der Waals surface area contributed by atoms with E-state index in [1.807, 2.05) is 37.3 Å². The second-order valence-electron chi connectivity index (χ2n) is 5.41. The van der Waals surface area contributed by atoms with Gasteiger partial charge in [0.15, 0.2) is 0 Å². The molecule has 122 valence electrons. The minimum atomic E-state index is -0.306. The summed E-state index contributed by atoms with van der Waals surface area (Å²) in [4.78, 5) is 12.4. The van der Waals surface area contributed by atoms with Crippen molar-refractivity contribution in [1.82, 2.24) is 10.2 Å². The quantitative estimate of drug-likeness (QED) is 0.675. The van der Waals surface area contributed by atoms with E-state index in [0.717, 1.165) is 16.7 Å². The summed E-state index contributed by atoms with van der Waals surface area (Å²) in [5, 5.41) is 19.5. The van der Waals surface area contributed by atoms with Crippen LogP contribution in [0.25, 0.3) is 11.3 Å². The third-order valence-electron chi connectivity index (χ3n) is 3.71. The summed E-state index contributed by atoms with van der Waals surface area (Å²) in [6.45, 7) is 1.81. The number of nitrogens with zero attached hydrogens (tertiary/aromatic N) is 1. The number of aliphatic hydroxyl groups excluding tert-OH is 1. The van der Waals surface area contributed by atoms with E-state index < -0.39 is 0 Å². The first-order valence-corrected chi connectivity index (χ1v) is 7.78. The number of aryl methyl sites for hydroxylation is 1. The number of halogens is 1. The van der Waals surface area contributed by atoms with Crippen LogP contribution < -0.4 is 5.32 Å². The molecule has 1 heterocycles. The van der Waals surface area contributed by atoms with Gasteiger partial charge in [0.2, 0.25) is 0 Å². The number of rotatable bonds is 4. The molecule has 24 heavy (non-hydrogen) atoms. The Morgan fingerprint density at radius 1 is 1.25 bits per heavy atom. The molecule has 3 N–H and O–H groups in total. The van der Waals surface area contributed by atoms with Crippen LogP contribution in [0.3, 0.4) is 0 Å². The van der Waals surface area contributed by atoms with Crippen molar-refractivity contribution in [3.63, 3.8) is 0 Å². The van der Waals surface area contributed by atoms with Gasteiger partial charge in [0.05, 0.1) is 17.3 Å². The molecular weight excluding hydrogens is 326 g/mol. The van der Waals surface area contributed by atoms with Crippen LogP contribution in [0.2, 0.25) is 5.02 Å². The van der Waals surface area contributed by atoms with Gasteiger partial charge in [-0.05, 0) is 36.2 Å². The monoisotopic (exact) mass is 341 g/mol. The van der Waals surface area contributed by atoms with Crippen LogP contribution >= 0.6 is 11.6 Å². The Labute approximate surface area is 144 Å². The SMILES string of the molecule is Cc1ccc(CO)cc1NC(=O)c1cc(-c2ccccc2Cl)n[nH]1. The molecule has 0 atom stereocenters. The summed E-state index contributed by atoms with van der Waals surface area (Å²) >= 11 is 6.15. The van der Waals surface area contributed by atoms with Crippen LogP contribution in [0, 0.1) is 6.92 Å². The Hall–Kier alpha value is -2.63. The van der Waals surface area contributed by atoms with E-state index in [1.54, 1.807) is 18.2 Å². The van der Waals surface area contributed by atoms with Gasteiger partial charge < -0.3 is 10.4 Å². The summed E-state index contributed by atoms with van der Waals surface area (Å²) in [5.41, 5.74) is 3.99. The number of carbonyl (C=O) groups is 1. The molecule has 0 saturated heterocycles. The molecule has 1 amide bonds. The third kappa shape index (κ3) is 3.32. The highest BCUT2D eigenvalue weighted by Crippen LogP contribution is 2.26. The highest BCUT2D eigenvalue weighted by Gasteiger charge is 2.14. The number of aliphatic hydroxyl groups is 1. The lowest BCUT2D eigenvalue weighted by Crippen LogP contribution is -2.13. The minimum absolute atomic E-state index is 0.0795. The molecule has 0 aliphatic carbocycles. The fourth-order valence-electron chi connectivity index (χ4n) is 2.34. The maximum atomic E-state index is 12.4. The Bertz CT molecular complexity index is 889. The average Bonchev–Trinajstić information content (AvgIpc) is 3.07. The van der Waals surface area contributed by atoms with Gasteiger partial charge in [-0.15, -0.1) is 0 Å². The Balaban J connectivity index is 1.83. The molecule has 0 spiro atoms. The normalized spacial score (nSPS) is 10.6. The van der Waals surface area contributed by atoms with Crippen molar-refractivity contribution in [3.05, 3.63) is 70.4 Å². The predicted octanol–water partition coefficient (Wildman–Crippen LogP) is 3.78. The number of hydrogen-bond acceptors (Lipinski definition) is 3. The molecule has 1 aromatic heterocycles. The summed E-state index contributed by atoms with van der Waals surface area (Å²) in [5.74, 6) is -0.306. The molecule has 0 bridgehead atoms. The summed E-state index contributed by atoms with van der Waals surface area (Å²) in [6.07, 6.45) is 0. The Morgan fingerprint density at radius 3 is 2.79 bits per heavy atom. The van der Waals surface area contributed by atoms with Crippen LogP contribution in [0.4, 0.5) is 5.69 Å². The second-order valence-corrected chi connectivity index (χ2v) is 5.82. The van der Waals surface area contributed by atoms with E-state index in [0.29, 0.717) is 22.1 Å². The lowest BCUT2D eigenvalue weighted by Gasteiger charge is -2.08. The third-order valence-corrected chi connectivity index (χ3v) is 4.03. The largest absolute Gasteiger partial charge is 0.392 e. The van der Waals surface area contributed by atoms with Crippen LogP contribution in [0.15, 0.2) is 48.5 Å². The summed E-state index contributed by atoms with van der Waals surface area (Å²) in [7, 11) is 0. The second kappa shape index (κ2) is 6.86. The fraction of sp³-hybridized carbons (Fsp3) is 0.111. The van der Waals surface area contributed by atoms with Crippen molar-refractivity contribution in [1.29, 1.82) is 0 Å². The predicted molar refractivity (Wildman–Crippen MR) is 94.1 cm³/mol. The number of aromatic amines is 1. The van der Waals surface area contributed by atoms with Gasteiger partial charge in [-0.3, -0.25) is 9.89 Å². The van der Waals surface area contributed by atoms with Gasteiger partial charge >= 0.3 is 0 Å². The zero-order valence-electron chi connectivity index (χ0n) is 13.0. The van der Waals surface area contributed by atoms with Crippen molar-refractivity contribution in [2.24, 2.45) is 0 Å². The molecule has 3 rings (SSSR count). The first kappa shape index (κ1) is 16.2. The molecule has 0 unspecified atom stereocenters. The van der Waals surface area contributed by atoms with E-state index >= 15 is 0 Å².